The van der Waals surface area contributed by atoms with Gasteiger partial charge in [-0.1, -0.05) is 26.0 Å². The summed E-state index contributed by atoms with van der Waals surface area (Å²) in [5.41, 5.74) is 1.93. The monoisotopic (exact) mass is 316 g/mol. The largest absolute Gasteiger partial charge is 0.391 e. The first-order valence-corrected chi connectivity index (χ1v) is 7.83. The molecule has 23 heavy (non-hydrogen) atoms. The van der Waals surface area contributed by atoms with Crippen LogP contribution in [0.2, 0.25) is 0 Å². The second-order valence-corrected chi connectivity index (χ2v) is 5.97. The van der Waals surface area contributed by atoms with Gasteiger partial charge >= 0.3 is 6.03 Å². The third kappa shape index (κ3) is 5.75. The number of aliphatic hydroxyl groups is 1. The molecule has 1 atom stereocenters. The molecule has 0 aliphatic carbocycles. The van der Waals surface area contributed by atoms with Crippen LogP contribution in [0.5, 0.6) is 0 Å². The SMILES string of the molecule is CC(C)CC(O)CNC(=O)NCc1cccc(-n2cccn2)c1. The van der Waals surface area contributed by atoms with Crippen LogP contribution in [0.3, 0.4) is 0 Å². The smallest absolute Gasteiger partial charge is 0.315 e. The minimum Gasteiger partial charge on any atom is -0.391 e. The van der Waals surface area contributed by atoms with Crippen molar-refractivity contribution in [3.63, 3.8) is 0 Å². The highest BCUT2D eigenvalue weighted by molar-refractivity contribution is 5.73. The molecule has 1 unspecified atom stereocenters. The van der Waals surface area contributed by atoms with E-state index in [1.54, 1.807) is 10.9 Å². The molecule has 0 aliphatic heterocycles. The molecule has 0 radical (unpaired) electrons. The zero-order chi connectivity index (χ0) is 16.7. The van der Waals surface area contributed by atoms with Crippen LogP contribution in [-0.4, -0.2) is 33.6 Å². The van der Waals surface area contributed by atoms with Gasteiger partial charge in [-0.2, -0.15) is 5.10 Å². The van der Waals surface area contributed by atoms with E-state index in [4.69, 9.17) is 0 Å². The molecule has 124 valence electrons. The standard InChI is InChI=1S/C17H24N4O2/c1-13(2)9-16(22)12-19-17(23)18-11-14-5-3-6-15(10-14)21-8-4-7-20-21/h3-8,10,13,16,22H,9,11-12H2,1-2H3,(H2,18,19,23). The molecular formula is C17H24N4O2. The fraction of sp³-hybridized carbons (Fsp3) is 0.412. The van der Waals surface area contributed by atoms with Gasteiger partial charge in [-0.15, -0.1) is 0 Å². The average Bonchev–Trinajstić information content (AvgIpc) is 3.05. The van der Waals surface area contributed by atoms with Crippen molar-refractivity contribution < 1.29 is 9.90 Å². The van der Waals surface area contributed by atoms with Crippen LogP contribution in [0.1, 0.15) is 25.8 Å². The average molecular weight is 316 g/mol. The number of carbonyl (C=O) groups excluding carboxylic acids is 1. The van der Waals surface area contributed by atoms with E-state index >= 15 is 0 Å². The summed E-state index contributed by atoms with van der Waals surface area (Å²) in [5, 5.41) is 19.4. The first-order chi connectivity index (χ1) is 11.0. The van der Waals surface area contributed by atoms with Crippen LogP contribution < -0.4 is 10.6 Å². The van der Waals surface area contributed by atoms with Gasteiger partial charge in [0.15, 0.2) is 0 Å². The fourth-order valence-corrected chi connectivity index (χ4v) is 2.31. The van der Waals surface area contributed by atoms with E-state index in [1.165, 1.54) is 0 Å². The van der Waals surface area contributed by atoms with Crippen molar-refractivity contribution >= 4 is 6.03 Å². The highest BCUT2D eigenvalue weighted by Crippen LogP contribution is 2.09. The van der Waals surface area contributed by atoms with Crippen LogP contribution in [-0.2, 0) is 6.54 Å². The van der Waals surface area contributed by atoms with E-state index in [0.717, 1.165) is 11.3 Å². The molecule has 3 N–H and O–H groups in total. The number of rotatable bonds is 7. The van der Waals surface area contributed by atoms with Crippen molar-refractivity contribution in [3.05, 3.63) is 48.3 Å². The Bertz CT molecular complexity index is 611. The van der Waals surface area contributed by atoms with Crippen molar-refractivity contribution in [2.45, 2.75) is 32.9 Å². The molecule has 2 aromatic rings. The first-order valence-electron chi connectivity index (χ1n) is 7.83. The van der Waals surface area contributed by atoms with Crippen LogP contribution in [0.25, 0.3) is 5.69 Å². The molecule has 0 saturated heterocycles. The molecule has 2 rings (SSSR count). The Balaban J connectivity index is 1.79. The summed E-state index contributed by atoms with van der Waals surface area (Å²) in [4.78, 5) is 11.8. The Kier molecular flexibility index (Phi) is 6.17. The molecule has 0 aliphatic rings. The maximum atomic E-state index is 11.8. The highest BCUT2D eigenvalue weighted by atomic mass is 16.3. The van der Waals surface area contributed by atoms with Crippen molar-refractivity contribution in [2.75, 3.05) is 6.54 Å². The lowest BCUT2D eigenvalue weighted by molar-refractivity contribution is 0.147. The number of carbonyl (C=O) groups is 1. The summed E-state index contributed by atoms with van der Waals surface area (Å²) in [6.07, 6.45) is 3.76. The Labute approximate surface area is 136 Å². The molecule has 2 amide bonds. The lowest BCUT2D eigenvalue weighted by atomic mass is 10.1. The van der Waals surface area contributed by atoms with E-state index in [1.807, 2.05) is 50.4 Å². The normalized spacial score (nSPS) is 12.2. The van der Waals surface area contributed by atoms with E-state index in [9.17, 15) is 9.90 Å². The number of nitrogens with zero attached hydrogens (tertiary/aromatic N) is 2. The number of nitrogens with one attached hydrogen (secondary N) is 2. The van der Waals surface area contributed by atoms with Gasteiger partial charge in [0.1, 0.15) is 0 Å². The van der Waals surface area contributed by atoms with Crippen molar-refractivity contribution in [2.24, 2.45) is 5.92 Å². The fourth-order valence-electron chi connectivity index (χ4n) is 2.31. The molecule has 1 aromatic carbocycles. The Morgan fingerprint density at radius 1 is 1.30 bits per heavy atom. The van der Waals surface area contributed by atoms with Gasteiger partial charge < -0.3 is 15.7 Å². The minimum atomic E-state index is -0.510. The molecule has 0 saturated carbocycles. The maximum Gasteiger partial charge on any atom is 0.315 e. The van der Waals surface area contributed by atoms with E-state index in [-0.39, 0.29) is 12.6 Å². The Morgan fingerprint density at radius 3 is 2.83 bits per heavy atom. The summed E-state index contributed by atoms with van der Waals surface area (Å²) in [6, 6.07) is 9.39. The van der Waals surface area contributed by atoms with E-state index < -0.39 is 6.10 Å². The summed E-state index contributed by atoms with van der Waals surface area (Å²) in [5.74, 6) is 0.403. The molecule has 1 aromatic heterocycles. The summed E-state index contributed by atoms with van der Waals surface area (Å²) in [6.45, 7) is 4.75. The van der Waals surface area contributed by atoms with Gasteiger partial charge in [0.05, 0.1) is 11.8 Å². The maximum absolute atomic E-state index is 11.8. The van der Waals surface area contributed by atoms with Crippen LogP contribution in [0.4, 0.5) is 4.79 Å². The van der Waals surface area contributed by atoms with Crippen molar-refractivity contribution in [1.29, 1.82) is 0 Å². The van der Waals surface area contributed by atoms with Gasteiger partial charge in [0, 0.05) is 25.5 Å². The predicted octanol–water partition coefficient (Wildman–Crippen LogP) is 2.08. The van der Waals surface area contributed by atoms with Gasteiger partial charge in [-0.3, -0.25) is 0 Å². The van der Waals surface area contributed by atoms with E-state index in [2.05, 4.69) is 15.7 Å². The Hall–Kier alpha value is -2.34. The molecular weight excluding hydrogens is 292 g/mol. The number of hydrogen-bond donors (Lipinski definition) is 3. The van der Waals surface area contributed by atoms with Crippen LogP contribution >= 0.6 is 0 Å². The third-order valence-corrected chi connectivity index (χ3v) is 3.37. The lowest BCUT2D eigenvalue weighted by Gasteiger charge is -2.14. The molecule has 0 spiro atoms. The Morgan fingerprint density at radius 2 is 2.13 bits per heavy atom. The number of benzene rings is 1. The number of urea groups is 1. The van der Waals surface area contributed by atoms with Crippen molar-refractivity contribution in [1.82, 2.24) is 20.4 Å². The lowest BCUT2D eigenvalue weighted by Crippen LogP contribution is -2.39. The second-order valence-electron chi connectivity index (χ2n) is 5.97. The van der Waals surface area contributed by atoms with Crippen LogP contribution in [0, 0.1) is 5.92 Å². The molecule has 1 heterocycles. The van der Waals surface area contributed by atoms with Crippen LogP contribution in [0.15, 0.2) is 42.7 Å². The highest BCUT2D eigenvalue weighted by Gasteiger charge is 2.08. The second kappa shape index (κ2) is 8.33. The number of aromatic nitrogens is 2. The quantitative estimate of drug-likeness (QED) is 0.732. The number of aliphatic hydroxyl groups excluding tert-OH is 1. The number of hydrogen-bond acceptors (Lipinski definition) is 3. The first kappa shape index (κ1) is 17.0. The molecule has 6 nitrogen and oxygen atoms in total. The van der Waals surface area contributed by atoms with Gasteiger partial charge in [0.25, 0.3) is 0 Å². The minimum absolute atomic E-state index is 0.261. The predicted molar refractivity (Wildman–Crippen MR) is 89.3 cm³/mol. The molecule has 0 fully saturated rings. The summed E-state index contributed by atoms with van der Waals surface area (Å²) < 4.78 is 1.77. The van der Waals surface area contributed by atoms with Gasteiger partial charge in [-0.25, -0.2) is 9.48 Å². The number of amides is 2. The van der Waals surface area contributed by atoms with Gasteiger partial charge in [0.2, 0.25) is 0 Å². The summed E-state index contributed by atoms with van der Waals surface area (Å²) in [7, 11) is 0. The van der Waals surface area contributed by atoms with Crippen molar-refractivity contribution in [3.8, 4) is 5.69 Å². The topological polar surface area (TPSA) is 79.2 Å². The third-order valence-electron chi connectivity index (χ3n) is 3.37. The van der Waals surface area contributed by atoms with Gasteiger partial charge in [-0.05, 0) is 36.1 Å². The molecule has 6 heteroatoms. The zero-order valence-electron chi connectivity index (χ0n) is 13.6. The zero-order valence-corrected chi connectivity index (χ0v) is 13.6. The van der Waals surface area contributed by atoms with E-state index in [0.29, 0.717) is 18.9 Å². The molecule has 0 bridgehead atoms. The summed E-state index contributed by atoms with van der Waals surface area (Å²) >= 11 is 0.